The third-order valence-electron chi connectivity index (χ3n) is 0.477. The molecule has 0 heterocycles. The Kier molecular flexibility index (Phi) is 2.22. The van der Waals surface area contributed by atoms with Crippen molar-refractivity contribution in [1.29, 1.82) is 0 Å². The molecule has 0 saturated carbocycles. The summed E-state index contributed by atoms with van der Waals surface area (Å²) < 4.78 is 0. The molecule has 0 aromatic carbocycles. The van der Waals surface area contributed by atoms with Crippen LogP contribution in [-0.4, -0.2) is 10.8 Å². The average Bonchev–Trinajstić information content (AvgIpc) is 1.21. The first-order valence-electron chi connectivity index (χ1n) is 2.41. The Balaban J connectivity index is 3.55. The van der Waals surface area contributed by atoms with E-state index in [0.717, 1.165) is 0 Å². The molecule has 0 unspecified atom stereocenters. The highest BCUT2D eigenvalue weighted by Crippen LogP contribution is 1.96. The Hall–Kier alpha value is -0.310. The van der Waals surface area contributed by atoms with Crippen LogP contribution in [0.5, 0.6) is 0 Å². The maximum atomic E-state index is 10.2. The van der Waals surface area contributed by atoms with E-state index in [9.17, 15) is 4.79 Å². The maximum Gasteiger partial charge on any atom is 0.0984 e. The summed E-state index contributed by atoms with van der Waals surface area (Å²) in [6, 6.07) is 0. The Bertz CT molecular complexity index is 95.1. The van der Waals surface area contributed by atoms with Gasteiger partial charge in [0.2, 0.25) is 0 Å². The SMILES string of the molecule is CC(C)(C)NC(=O)[S-]. The zero-order valence-electron chi connectivity index (χ0n) is 5.32. The normalized spacial score (nSPS) is 10.9. The van der Waals surface area contributed by atoms with E-state index in [-0.39, 0.29) is 5.54 Å². The van der Waals surface area contributed by atoms with Gasteiger partial charge in [0, 0.05) is 5.54 Å². The van der Waals surface area contributed by atoms with Crippen LogP contribution >= 0.6 is 0 Å². The van der Waals surface area contributed by atoms with Gasteiger partial charge in [0.1, 0.15) is 0 Å². The van der Waals surface area contributed by atoms with Gasteiger partial charge in [0.25, 0.3) is 0 Å². The second-order valence-electron chi connectivity index (χ2n) is 2.66. The minimum absolute atomic E-state index is 0.182. The van der Waals surface area contributed by atoms with Gasteiger partial charge in [-0.2, -0.15) is 0 Å². The fraction of sp³-hybridized carbons (Fsp3) is 0.800. The van der Waals surface area contributed by atoms with E-state index in [2.05, 4.69) is 17.9 Å². The second kappa shape index (κ2) is 2.31. The van der Waals surface area contributed by atoms with Crippen LogP contribution in [0.4, 0.5) is 4.79 Å². The largest absolute Gasteiger partial charge is 0.719 e. The molecule has 0 saturated heterocycles. The summed E-state index contributed by atoms with van der Waals surface area (Å²) in [6.07, 6.45) is 0. The topological polar surface area (TPSA) is 29.1 Å². The zero-order chi connectivity index (χ0) is 6.78. The van der Waals surface area contributed by atoms with Gasteiger partial charge < -0.3 is 22.7 Å². The van der Waals surface area contributed by atoms with Crippen molar-refractivity contribution in [2.45, 2.75) is 26.3 Å². The smallest absolute Gasteiger partial charge is 0.0984 e. The molecular weight excluding hydrogens is 122 g/mol. The fourth-order valence-electron chi connectivity index (χ4n) is 0.306. The molecule has 48 valence electrons. The average molecular weight is 132 g/mol. The van der Waals surface area contributed by atoms with E-state index < -0.39 is 5.24 Å². The first-order valence-corrected chi connectivity index (χ1v) is 2.82. The summed E-state index contributed by atoms with van der Waals surface area (Å²) in [5, 5.41) is 2.17. The standard InChI is InChI=1S/C5H11NOS/c1-5(2,3)6-4(7)8/h1-3H3,(H2,6,7,8)/p-1. The third kappa shape index (κ3) is 5.69. The Morgan fingerprint density at radius 2 is 1.88 bits per heavy atom. The second-order valence-corrected chi connectivity index (χ2v) is 3.03. The number of carbonyl (C=O) groups is 1. The number of hydrogen-bond donors (Lipinski definition) is 1. The van der Waals surface area contributed by atoms with E-state index in [0.29, 0.717) is 0 Å². The van der Waals surface area contributed by atoms with Gasteiger partial charge in [-0.25, -0.2) is 0 Å². The molecule has 0 spiro atoms. The summed E-state index contributed by atoms with van der Waals surface area (Å²) in [5.41, 5.74) is -0.182. The van der Waals surface area contributed by atoms with Gasteiger partial charge in [-0.15, -0.1) is 0 Å². The first kappa shape index (κ1) is 7.69. The van der Waals surface area contributed by atoms with E-state index in [4.69, 9.17) is 0 Å². The Morgan fingerprint density at radius 1 is 1.50 bits per heavy atom. The predicted octanol–water partition coefficient (Wildman–Crippen LogP) is 1.04. The molecule has 0 radical (unpaired) electrons. The third-order valence-corrected chi connectivity index (χ3v) is 0.579. The lowest BCUT2D eigenvalue weighted by atomic mass is 10.1. The van der Waals surface area contributed by atoms with E-state index in [1.165, 1.54) is 0 Å². The molecule has 0 bridgehead atoms. The summed E-state index contributed by atoms with van der Waals surface area (Å²) in [5.74, 6) is 0. The van der Waals surface area contributed by atoms with Crippen molar-refractivity contribution in [3.05, 3.63) is 0 Å². The summed E-state index contributed by atoms with van der Waals surface area (Å²) in [4.78, 5) is 10.2. The van der Waals surface area contributed by atoms with Crippen molar-refractivity contribution in [1.82, 2.24) is 5.32 Å². The molecule has 1 N–H and O–H groups in total. The van der Waals surface area contributed by atoms with Gasteiger partial charge in [0.05, 0.1) is 5.24 Å². The molecule has 0 aliphatic carbocycles. The van der Waals surface area contributed by atoms with Crippen molar-refractivity contribution in [2.75, 3.05) is 0 Å². The fourth-order valence-corrected chi connectivity index (χ4v) is 0.612. The lowest BCUT2D eigenvalue weighted by Gasteiger charge is -2.22. The summed E-state index contributed by atoms with van der Waals surface area (Å²) in [6.45, 7) is 5.66. The summed E-state index contributed by atoms with van der Waals surface area (Å²) >= 11 is 4.28. The van der Waals surface area contributed by atoms with Gasteiger partial charge >= 0.3 is 0 Å². The van der Waals surface area contributed by atoms with Crippen LogP contribution in [0.2, 0.25) is 0 Å². The highest BCUT2D eigenvalue weighted by molar-refractivity contribution is 7.76. The van der Waals surface area contributed by atoms with Crippen molar-refractivity contribution in [3.8, 4) is 0 Å². The Morgan fingerprint density at radius 3 is 1.88 bits per heavy atom. The van der Waals surface area contributed by atoms with Crippen LogP contribution in [0, 0.1) is 0 Å². The van der Waals surface area contributed by atoms with Crippen molar-refractivity contribution >= 4 is 17.9 Å². The number of hydrogen-bond acceptors (Lipinski definition) is 2. The predicted molar refractivity (Wildman–Crippen MR) is 35.6 cm³/mol. The van der Waals surface area contributed by atoms with Gasteiger partial charge in [-0.1, -0.05) is 0 Å². The number of amides is 1. The van der Waals surface area contributed by atoms with Crippen LogP contribution in [0.1, 0.15) is 20.8 Å². The van der Waals surface area contributed by atoms with Gasteiger partial charge in [0.15, 0.2) is 0 Å². The van der Waals surface area contributed by atoms with Crippen molar-refractivity contribution in [2.24, 2.45) is 0 Å². The molecule has 0 aliphatic heterocycles. The van der Waals surface area contributed by atoms with Crippen LogP contribution in [-0.2, 0) is 12.6 Å². The lowest BCUT2D eigenvalue weighted by Crippen LogP contribution is -2.38. The Labute approximate surface area is 55.1 Å². The molecule has 3 heteroatoms. The molecule has 2 nitrogen and oxygen atoms in total. The monoisotopic (exact) mass is 132 g/mol. The quantitative estimate of drug-likeness (QED) is 0.499. The van der Waals surface area contributed by atoms with Crippen molar-refractivity contribution in [3.63, 3.8) is 0 Å². The van der Waals surface area contributed by atoms with Gasteiger partial charge in [-0.05, 0) is 20.8 Å². The van der Waals surface area contributed by atoms with Crippen LogP contribution in [0.15, 0.2) is 0 Å². The van der Waals surface area contributed by atoms with Crippen LogP contribution in [0.3, 0.4) is 0 Å². The number of nitrogens with one attached hydrogen (secondary N) is 1. The molecule has 0 rings (SSSR count). The maximum absolute atomic E-state index is 10.2. The molecule has 0 fully saturated rings. The van der Waals surface area contributed by atoms with Crippen LogP contribution < -0.4 is 5.32 Å². The minimum Gasteiger partial charge on any atom is -0.719 e. The van der Waals surface area contributed by atoms with Crippen LogP contribution in [0.25, 0.3) is 0 Å². The molecule has 0 atom stereocenters. The molecule has 0 aliphatic rings. The van der Waals surface area contributed by atoms with Crippen molar-refractivity contribution < 1.29 is 4.79 Å². The first-order chi connectivity index (χ1) is 3.42. The van der Waals surface area contributed by atoms with E-state index in [1.807, 2.05) is 20.8 Å². The van der Waals surface area contributed by atoms with E-state index >= 15 is 0 Å². The highest BCUT2D eigenvalue weighted by atomic mass is 32.1. The molecule has 1 amide bonds. The molecule has 0 aromatic heterocycles. The van der Waals surface area contributed by atoms with E-state index in [1.54, 1.807) is 0 Å². The highest BCUT2D eigenvalue weighted by Gasteiger charge is 2.05. The lowest BCUT2D eigenvalue weighted by molar-refractivity contribution is 0.253. The molecular formula is C5H10NOS-. The zero-order valence-corrected chi connectivity index (χ0v) is 6.13. The summed E-state index contributed by atoms with van der Waals surface area (Å²) in [7, 11) is 0. The molecule has 8 heavy (non-hydrogen) atoms. The minimum atomic E-state index is -0.391. The van der Waals surface area contributed by atoms with Gasteiger partial charge in [-0.3, -0.25) is 0 Å². The number of rotatable bonds is 0. The number of carbonyl (C=O) groups excluding carboxylic acids is 1. The molecule has 0 aromatic rings.